The maximum Gasteiger partial charge on any atom is 0.164 e. The highest BCUT2D eigenvalue weighted by molar-refractivity contribution is 6.19. The lowest BCUT2D eigenvalue weighted by Crippen LogP contribution is -2.15. The van der Waals surface area contributed by atoms with Crippen LogP contribution >= 0.6 is 0 Å². The second-order valence-corrected chi connectivity index (χ2v) is 15.5. The summed E-state index contributed by atoms with van der Waals surface area (Å²) in [5.41, 5.74) is 9.51. The molecule has 0 atom stereocenters. The molecule has 0 saturated heterocycles. The summed E-state index contributed by atoms with van der Waals surface area (Å²) in [6.07, 6.45) is 0. The Morgan fingerprint density at radius 2 is 1.08 bits per heavy atom. The minimum Gasteiger partial charge on any atom is -0.309 e. The molecule has 288 valence electrons. The minimum absolute atomic E-state index is 0.0663. The summed E-state index contributed by atoms with van der Waals surface area (Å²) in [5.74, 6) is 0.451. The van der Waals surface area contributed by atoms with Crippen LogP contribution in [0.15, 0.2) is 212 Å². The average molecular weight is 797 g/mol. The molecule has 10 aromatic carbocycles. The molecule has 0 bridgehead atoms. The van der Waals surface area contributed by atoms with Crippen LogP contribution in [-0.2, 0) is 0 Å². The molecule has 0 N–H and O–H groups in total. The molecule has 0 aliphatic carbocycles. The van der Waals surface area contributed by atoms with Gasteiger partial charge < -0.3 is 9.47 Å². The summed E-state index contributed by atoms with van der Waals surface area (Å²) in [4.78, 5) is 17.3. The van der Waals surface area contributed by atoms with Crippen LogP contribution in [0.2, 0.25) is 0 Å². The Kier molecular flexibility index (Phi) is 6.15. The summed E-state index contributed by atoms with van der Waals surface area (Å²) in [5, 5.41) is 6.16. The van der Waals surface area contributed by atoms with E-state index >= 15 is 0 Å². The lowest BCUT2D eigenvalue weighted by molar-refractivity contribution is 1.07. The van der Waals surface area contributed by atoms with Gasteiger partial charge in [-0.15, -0.1) is 0 Å². The van der Waals surface area contributed by atoms with Gasteiger partial charge >= 0.3 is 0 Å². The van der Waals surface area contributed by atoms with Gasteiger partial charge in [-0.2, -0.15) is 0 Å². The van der Waals surface area contributed by atoms with Crippen molar-refractivity contribution < 1.29 is 9.60 Å². The lowest BCUT2D eigenvalue weighted by Gasteiger charge is -2.34. The topological polar surface area (TPSA) is 46.8 Å². The third-order valence-corrected chi connectivity index (χ3v) is 12.0. The summed E-state index contributed by atoms with van der Waals surface area (Å²) >= 11 is 0. The molecular weight excluding hydrogens is 755 g/mol. The fourth-order valence-electron chi connectivity index (χ4n) is 9.20. The van der Waals surface area contributed by atoms with Gasteiger partial charge in [0, 0.05) is 55.2 Å². The fourth-order valence-corrected chi connectivity index (χ4v) is 9.20. The number of para-hydroxylation sites is 2. The molecule has 5 nitrogen and oxygen atoms in total. The summed E-state index contributed by atoms with van der Waals surface area (Å²) in [6.45, 7) is 0. The molecule has 3 heterocycles. The maximum atomic E-state index is 9.45. The molecule has 0 radical (unpaired) electrons. The average Bonchev–Trinajstić information content (AvgIpc) is 3.72. The van der Waals surface area contributed by atoms with Crippen LogP contribution in [-0.4, -0.2) is 19.5 Å². The van der Waals surface area contributed by atoms with E-state index in [1.54, 1.807) is 0 Å². The van der Waals surface area contributed by atoms with Crippen molar-refractivity contribution in [2.75, 3.05) is 4.90 Å². The van der Waals surface area contributed by atoms with Crippen molar-refractivity contribution in [1.29, 1.82) is 0 Å². The molecule has 13 rings (SSSR count). The largest absolute Gasteiger partial charge is 0.309 e. The Hall–Kier alpha value is -8.41. The highest BCUT2D eigenvalue weighted by Gasteiger charge is 2.28. The molecular formula is C57H35N5. The van der Waals surface area contributed by atoms with Crippen molar-refractivity contribution >= 4 is 71.2 Å². The van der Waals surface area contributed by atoms with E-state index in [2.05, 4.69) is 107 Å². The first-order valence-electron chi connectivity index (χ1n) is 24.0. The molecule has 12 aromatic rings. The highest BCUT2D eigenvalue weighted by Crippen LogP contribution is 2.53. The van der Waals surface area contributed by atoms with Gasteiger partial charge in [-0.3, -0.25) is 0 Å². The monoisotopic (exact) mass is 796 g/mol. The zero-order chi connectivity index (χ0) is 46.8. The number of anilines is 3. The third kappa shape index (κ3) is 5.32. The van der Waals surface area contributed by atoms with E-state index in [-0.39, 0.29) is 39.9 Å². The van der Waals surface area contributed by atoms with Crippen LogP contribution in [0, 0.1) is 0 Å². The summed E-state index contributed by atoms with van der Waals surface area (Å²) in [7, 11) is 0. The number of benzene rings is 10. The SMILES string of the molecule is [2H]c1c([2H])c([2H])c2c([2H])c(-c3nc(-c4ccc(N5c6c(ccc7ccccc67)-c6cccc7cccc5c67)cc4)nc(-c4ccc5c(c4)c4ccccc4n5-c4ccccc4)n3)c([2H])c([2H])c2c1[2H]. The number of hydrogen-bond acceptors (Lipinski definition) is 4. The first kappa shape index (κ1) is 28.1. The van der Waals surface area contributed by atoms with Gasteiger partial charge in [-0.1, -0.05) is 139 Å². The van der Waals surface area contributed by atoms with Crippen LogP contribution in [0.3, 0.4) is 0 Å². The van der Waals surface area contributed by atoms with Crippen molar-refractivity contribution in [3.05, 3.63) is 212 Å². The number of nitrogens with zero attached hydrogens (tertiary/aromatic N) is 5. The van der Waals surface area contributed by atoms with Gasteiger partial charge in [0.05, 0.1) is 32.0 Å². The van der Waals surface area contributed by atoms with Crippen molar-refractivity contribution in [2.24, 2.45) is 0 Å². The lowest BCUT2D eigenvalue weighted by atomic mass is 9.88. The van der Waals surface area contributed by atoms with Crippen molar-refractivity contribution in [1.82, 2.24) is 19.5 Å². The van der Waals surface area contributed by atoms with Gasteiger partial charge in [-0.05, 0) is 99.9 Å². The van der Waals surface area contributed by atoms with Crippen molar-refractivity contribution in [3.8, 4) is 51.0 Å². The molecule has 5 heteroatoms. The van der Waals surface area contributed by atoms with Gasteiger partial charge in [0.25, 0.3) is 0 Å². The first-order chi connectivity index (χ1) is 33.7. The number of hydrogen-bond donors (Lipinski definition) is 0. The van der Waals surface area contributed by atoms with E-state index < -0.39 is 36.3 Å². The first-order valence-corrected chi connectivity index (χ1v) is 20.5. The molecule has 0 fully saturated rings. The van der Waals surface area contributed by atoms with E-state index in [1.165, 1.54) is 5.56 Å². The van der Waals surface area contributed by atoms with Crippen LogP contribution < -0.4 is 4.90 Å². The van der Waals surface area contributed by atoms with Crippen molar-refractivity contribution in [2.45, 2.75) is 0 Å². The second kappa shape index (κ2) is 13.6. The van der Waals surface area contributed by atoms with Crippen molar-refractivity contribution in [3.63, 3.8) is 0 Å². The molecule has 0 spiro atoms. The predicted octanol–water partition coefficient (Wildman–Crippen LogP) is 14.9. The van der Waals surface area contributed by atoms with E-state index in [1.807, 2.05) is 72.8 Å². The van der Waals surface area contributed by atoms with E-state index in [4.69, 9.17) is 21.8 Å². The number of aromatic nitrogens is 4. The zero-order valence-electron chi connectivity index (χ0n) is 39.9. The molecule has 0 unspecified atom stereocenters. The highest BCUT2D eigenvalue weighted by atomic mass is 15.2. The van der Waals surface area contributed by atoms with Gasteiger partial charge in [-0.25, -0.2) is 15.0 Å². The normalized spacial score (nSPS) is 13.7. The third-order valence-electron chi connectivity index (χ3n) is 12.0. The van der Waals surface area contributed by atoms with Gasteiger partial charge in [0.15, 0.2) is 17.5 Å². The number of rotatable bonds is 5. The molecule has 1 aliphatic rings. The Morgan fingerprint density at radius 3 is 1.94 bits per heavy atom. The minimum atomic E-state index is -0.535. The molecule has 1 aliphatic heterocycles. The van der Waals surface area contributed by atoms with Crippen LogP contribution in [0.25, 0.3) is 105 Å². The number of fused-ring (bicyclic) bond motifs is 8. The molecule has 62 heavy (non-hydrogen) atoms. The smallest absolute Gasteiger partial charge is 0.164 e. The molecule has 0 amide bonds. The molecule has 0 saturated carbocycles. The van der Waals surface area contributed by atoms with E-state index in [0.717, 1.165) is 71.7 Å². The predicted molar refractivity (Wildman–Crippen MR) is 257 cm³/mol. The maximum absolute atomic E-state index is 9.45. The zero-order valence-corrected chi connectivity index (χ0v) is 32.9. The van der Waals surface area contributed by atoms with E-state index in [9.17, 15) is 2.74 Å². The molecule has 2 aromatic heterocycles. The standard InChI is InChI=1S/C57H35N5/c1-2-17-43(18-3-1)61-50-22-9-8-20-46(50)49-35-42(29-33-51(49)61)57-59-55(58-56(60-57)41-25-24-36-12-4-5-14-40(36)34-41)39-26-30-44(31-27-39)62-52-23-11-16-38-15-10-21-47(53(38)52)48-32-28-37-13-6-7-19-45(37)54(48)62/h1-35H/i4D,5D,12D,14D,24D,25D,34D. The van der Waals surface area contributed by atoms with E-state index in [0.29, 0.717) is 11.1 Å². The Bertz CT molecular complexity index is 4170. The van der Waals surface area contributed by atoms with Crippen LogP contribution in [0.5, 0.6) is 0 Å². The quantitative estimate of drug-likeness (QED) is 0.174. The fraction of sp³-hybridized carbons (Fsp3) is 0. The summed E-state index contributed by atoms with van der Waals surface area (Å²) in [6, 6.07) is 54.7. The Balaban J connectivity index is 1.03. The Morgan fingerprint density at radius 1 is 0.403 bits per heavy atom. The van der Waals surface area contributed by atoms with Crippen LogP contribution in [0.4, 0.5) is 17.1 Å². The van der Waals surface area contributed by atoms with Crippen LogP contribution in [0.1, 0.15) is 9.60 Å². The second-order valence-electron chi connectivity index (χ2n) is 15.5. The van der Waals surface area contributed by atoms with Gasteiger partial charge in [0.1, 0.15) is 0 Å². The summed E-state index contributed by atoms with van der Waals surface area (Å²) < 4.78 is 64.2. The Labute approximate surface area is 367 Å². The van der Waals surface area contributed by atoms with Gasteiger partial charge in [0.2, 0.25) is 0 Å².